The van der Waals surface area contributed by atoms with Gasteiger partial charge < -0.3 is 10.0 Å². The molecule has 0 bridgehead atoms. The van der Waals surface area contributed by atoms with Crippen molar-refractivity contribution in [1.82, 2.24) is 9.80 Å². The first-order valence-electron chi connectivity index (χ1n) is 10.4. The Bertz CT molecular complexity index is 1200. The van der Waals surface area contributed by atoms with E-state index >= 15 is 0 Å². The summed E-state index contributed by atoms with van der Waals surface area (Å²) in [5.41, 5.74) is 3.82. The number of halogens is 2. The molecule has 0 aliphatic carbocycles. The summed E-state index contributed by atoms with van der Waals surface area (Å²) in [6.07, 6.45) is 2.18. The van der Waals surface area contributed by atoms with Gasteiger partial charge in [-0.1, -0.05) is 65.7 Å². The molecular weight excluding hydrogens is 431 g/mol. The van der Waals surface area contributed by atoms with E-state index in [1.165, 1.54) is 5.57 Å². The van der Waals surface area contributed by atoms with Crippen LogP contribution < -0.4 is 0 Å². The van der Waals surface area contributed by atoms with Crippen LogP contribution in [0.15, 0.2) is 60.7 Å². The van der Waals surface area contributed by atoms with Crippen LogP contribution in [-0.2, 0) is 0 Å². The van der Waals surface area contributed by atoms with Crippen LogP contribution in [0, 0.1) is 0 Å². The van der Waals surface area contributed by atoms with Crippen LogP contribution >= 0.6 is 23.2 Å². The fourth-order valence-corrected chi connectivity index (χ4v) is 4.84. The maximum absolute atomic E-state index is 13.1. The number of aliphatic hydroxyl groups excluding tert-OH is 1. The van der Waals surface area contributed by atoms with Gasteiger partial charge in [0.1, 0.15) is 0 Å². The molecule has 0 fully saturated rings. The summed E-state index contributed by atoms with van der Waals surface area (Å²) in [4.78, 5) is 17.0. The lowest BCUT2D eigenvalue weighted by Crippen LogP contribution is -2.43. The molecule has 158 valence electrons. The van der Waals surface area contributed by atoms with E-state index in [1.54, 1.807) is 4.90 Å². The number of hydrogen-bond acceptors (Lipinski definition) is 3. The number of rotatable bonds is 4. The van der Waals surface area contributed by atoms with Crippen molar-refractivity contribution < 1.29 is 9.90 Å². The maximum atomic E-state index is 13.1. The minimum absolute atomic E-state index is 0.110. The molecule has 2 heterocycles. The van der Waals surface area contributed by atoms with Crippen LogP contribution in [0.4, 0.5) is 0 Å². The monoisotopic (exact) mass is 452 g/mol. The Morgan fingerprint density at radius 3 is 2.55 bits per heavy atom. The zero-order valence-corrected chi connectivity index (χ0v) is 18.4. The minimum Gasteiger partial charge on any atom is -0.369 e. The Morgan fingerprint density at radius 2 is 1.81 bits per heavy atom. The molecule has 5 rings (SSSR count). The fraction of sp³-hybridized carbons (Fsp3) is 0.240. The van der Waals surface area contributed by atoms with Crippen LogP contribution in [0.5, 0.6) is 0 Å². The molecule has 0 aromatic heterocycles. The Morgan fingerprint density at radius 1 is 1.00 bits per heavy atom. The molecule has 0 saturated heterocycles. The Balaban J connectivity index is 1.28. The molecule has 31 heavy (non-hydrogen) atoms. The number of aliphatic hydroxyl groups is 1. The third kappa shape index (κ3) is 3.74. The molecule has 1 amide bonds. The summed E-state index contributed by atoms with van der Waals surface area (Å²) < 4.78 is 0. The second-order valence-corrected chi connectivity index (χ2v) is 8.85. The van der Waals surface area contributed by atoms with E-state index in [0.29, 0.717) is 28.7 Å². The third-order valence-corrected chi connectivity index (χ3v) is 6.98. The number of nitrogens with zero attached hydrogens (tertiary/aromatic N) is 2. The maximum Gasteiger partial charge on any atom is 0.256 e. The van der Waals surface area contributed by atoms with Crippen LogP contribution in [0.1, 0.15) is 34.1 Å². The van der Waals surface area contributed by atoms with E-state index in [4.69, 9.17) is 23.2 Å². The molecule has 6 heteroatoms. The van der Waals surface area contributed by atoms with Crippen molar-refractivity contribution >= 4 is 45.5 Å². The summed E-state index contributed by atoms with van der Waals surface area (Å²) >= 11 is 12.2. The van der Waals surface area contributed by atoms with Gasteiger partial charge in [0.15, 0.2) is 6.23 Å². The van der Waals surface area contributed by atoms with Crippen molar-refractivity contribution in [3.8, 4) is 0 Å². The second kappa shape index (κ2) is 8.29. The normalized spacial score (nSPS) is 19.1. The van der Waals surface area contributed by atoms with Crippen molar-refractivity contribution in [2.45, 2.75) is 12.6 Å². The SMILES string of the molecule is O=C1c2cccc3cccc(c23)C(O)N1CCN1CC=C(c2ccc(Cl)c(Cl)c2)CC1. The van der Waals surface area contributed by atoms with E-state index in [-0.39, 0.29) is 5.91 Å². The molecular formula is C25H22Cl2N2O2. The highest BCUT2D eigenvalue weighted by Gasteiger charge is 2.32. The number of benzene rings is 3. The first-order chi connectivity index (χ1) is 15.0. The van der Waals surface area contributed by atoms with Gasteiger partial charge in [0.2, 0.25) is 0 Å². The lowest BCUT2D eigenvalue weighted by Gasteiger charge is -2.36. The van der Waals surface area contributed by atoms with Gasteiger partial charge in [0.05, 0.1) is 10.0 Å². The van der Waals surface area contributed by atoms with Gasteiger partial charge >= 0.3 is 0 Å². The second-order valence-electron chi connectivity index (χ2n) is 8.03. The molecule has 2 aliphatic heterocycles. The molecule has 3 aromatic rings. The molecule has 1 atom stereocenters. The van der Waals surface area contributed by atoms with Gasteiger partial charge in [0, 0.05) is 42.7 Å². The average molecular weight is 453 g/mol. The summed E-state index contributed by atoms with van der Waals surface area (Å²) in [5.74, 6) is -0.110. The van der Waals surface area contributed by atoms with E-state index in [9.17, 15) is 9.90 Å². The molecule has 1 N–H and O–H groups in total. The molecule has 0 radical (unpaired) electrons. The van der Waals surface area contributed by atoms with Gasteiger partial charge in [-0.05, 0) is 41.1 Å². The Kier molecular flexibility index (Phi) is 5.49. The van der Waals surface area contributed by atoms with Crippen molar-refractivity contribution in [3.05, 3.63) is 87.4 Å². The smallest absolute Gasteiger partial charge is 0.256 e. The third-order valence-electron chi connectivity index (χ3n) is 6.24. The largest absolute Gasteiger partial charge is 0.369 e. The van der Waals surface area contributed by atoms with Gasteiger partial charge in [-0.2, -0.15) is 0 Å². The topological polar surface area (TPSA) is 43.8 Å². The standard InChI is InChI=1S/C25H22Cl2N2O2/c26-21-8-7-18(15-22(21)27)16-9-11-28(12-10-16)13-14-29-24(30)19-5-1-3-17-4-2-6-20(23(17)19)25(29)31/h1-9,15,24,30H,10-14H2. The van der Waals surface area contributed by atoms with E-state index in [1.807, 2.05) is 54.6 Å². The predicted octanol–water partition coefficient (Wildman–Crippen LogP) is 5.38. The van der Waals surface area contributed by atoms with Crippen LogP contribution in [0.25, 0.3) is 16.3 Å². The van der Waals surface area contributed by atoms with Crippen LogP contribution in [-0.4, -0.2) is 47.0 Å². The fourth-order valence-electron chi connectivity index (χ4n) is 4.54. The molecule has 2 aliphatic rings. The van der Waals surface area contributed by atoms with Gasteiger partial charge in [-0.25, -0.2) is 0 Å². The molecule has 0 saturated carbocycles. The molecule has 3 aromatic carbocycles. The van der Waals surface area contributed by atoms with Crippen LogP contribution in [0.2, 0.25) is 10.0 Å². The Hall–Kier alpha value is -2.37. The van der Waals surface area contributed by atoms with Gasteiger partial charge in [-0.15, -0.1) is 0 Å². The number of carbonyl (C=O) groups excluding carboxylic acids is 1. The zero-order chi connectivity index (χ0) is 21.5. The highest BCUT2D eigenvalue weighted by atomic mass is 35.5. The van der Waals surface area contributed by atoms with Gasteiger partial charge in [-0.3, -0.25) is 9.69 Å². The van der Waals surface area contributed by atoms with Crippen molar-refractivity contribution in [1.29, 1.82) is 0 Å². The van der Waals surface area contributed by atoms with E-state index in [2.05, 4.69) is 11.0 Å². The lowest BCUT2D eigenvalue weighted by molar-refractivity contribution is 0.00153. The van der Waals surface area contributed by atoms with Crippen LogP contribution in [0.3, 0.4) is 0 Å². The highest BCUT2D eigenvalue weighted by molar-refractivity contribution is 6.42. The Labute approximate surface area is 191 Å². The summed E-state index contributed by atoms with van der Waals surface area (Å²) in [5, 5.41) is 13.9. The zero-order valence-electron chi connectivity index (χ0n) is 16.9. The predicted molar refractivity (Wildman–Crippen MR) is 125 cm³/mol. The molecule has 0 spiro atoms. The van der Waals surface area contributed by atoms with E-state index in [0.717, 1.165) is 41.4 Å². The van der Waals surface area contributed by atoms with E-state index < -0.39 is 6.23 Å². The number of hydrogen-bond donors (Lipinski definition) is 1. The van der Waals surface area contributed by atoms with Gasteiger partial charge in [0.25, 0.3) is 5.91 Å². The summed E-state index contributed by atoms with van der Waals surface area (Å²) in [6.45, 7) is 2.85. The van der Waals surface area contributed by atoms with Crippen molar-refractivity contribution in [2.24, 2.45) is 0 Å². The molecule has 1 unspecified atom stereocenters. The van der Waals surface area contributed by atoms with Crippen molar-refractivity contribution in [2.75, 3.05) is 26.2 Å². The first-order valence-corrected chi connectivity index (χ1v) is 11.2. The number of carbonyl (C=O) groups is 1. The van der Waals surface area contributed by atoms with Crippen molar-refractivity contribution in [3.63, 3.8) is 0 Å². The average Bonchev–Trinajstić information content (AvgIpc) is 2.79. The first kappa shape index (κ1) is 20.5. The lowest BCUT2D eigenvalue weighted by atomic mass is 9.93. The summed E-state index contributed by atoms with van der Waals surface area (Å²) in [7, 11) is 0. The summed E-state index contributed by atoms with van der Waals surface area (Å²) in [6, 6.07) is 17.3. The minimum atomic E-state index is -0.918. The highest BCUT2D eigenvalue weighted by Crippen LogP contribution is 2.35. The molecule has 4 nitrogen and oxygen atoms in total. The number of amides is 1. The quantitative estimate of drug-likeness (QED) is 0.577.